The Hall–Kier alpha value is -0.750. The quantitative estimate of drug-likeness (QED) is 0.768. The van der Waals surface area contributed by atoms with Gasteiger partial charge in [0.1, 0.15) is 15.8 Å². The molecular formula is C13H18ClN3OS. The fraction of sp³-hybridized carbons (Fsp3) is 0.538. The van der Waals surface area contributed by atoms with Gasteiger partial charge < -0.3 is 4.74 Å². The summed E-state index contributed by atoms with van der Waals surface area (Å²) in [4.78, 5) is 12.2. The van der Waals surface area contributed by atoms with Crippen LogP contribution in [-0.2, 0) is 11.3 Å². The number of thiophene rings is 1. The average molecular weight is 300 g/mol. The summed E-state index contributed by atoms with van der Waals surface area (Å²) in [5.74, 6) is 0.768. The first-order chi connectivity index (χ1) is 9.11. The number of ether oxygens (including phenoxy) is 1. The van der Waals surface area contributed by atoms with E-state index < -0.39 is 0 Å². The number of nitrogens with zero attached hydrogens (tertiary/aromatic N) is 3. The van der Waals surface area contributed by atoms with E-state index in [0.29, 0.717) is 24.3 Å². The first-order valence-electron chi connectivity index (χ1n) is 6.24. The van der Waals surface area contributed by atoms with Crippen molar-refractivity contribution < 1.29 is 4.74 Å². The fourth-order valence-corrected chi connectivity index (χ4v) is 2.93. The van der Waals surface area contributed by atoms with Crippen molar-refractivity contribution in [2.75, 3.05) is 20.3 Å². The highest BCUT2D eigenvalue weighted by Gasteiger charge is 2.13. The number of hydrogen-bond acceptors (Lipinski definition) is 5. The summed E-state index contributed by atoms with van der Waals surface area (Å²) in [6, 6.07) is 2.37. The Labute approximate surface area is 122 Å². The van der Waals surface area contributed by atoms with Crippen LogP contribution in [0.25, 0.3) is 10.2 Å². The predicted octanol–water partition coefficient (Wildman–Crippen LogP) is 3.20. The molecule has 0 saturated carbocycles. The maximum atomic E-state index is 6.18. The van der Waals surface area contributed by atoms with Gasteiger partial charge in [0.25, 0.3) is 0 Å². The van der Waals surface area contributed by atoms with E-state index in [9.17, 15) is 0 Å². The number of fused-ring (bicyclic) bond motifs is 1. The maximum Gasteiger partial charge on any atom is 0.145 e. The molecule has 0 saturated heterocycles. The van der Waals surface area contributed by atoms with Crippen molar-refractivity contribution in [2.45, 2.75) is 26.4 Å². The Morgan fingerprint density at radius 2 is 2.21 bits per heavy atom. The van der Waals surface area contributed by atoms with Gasteiger partial charge >= 0.3 is 0 Å². The zero-order valence-electron chi connectivity index (χ0n) is 11.4. The second kappa shape index (κ2) is 6.61. The lowest BCUT2D eigenvalue weighted by atomic mass is 10.3. The van der Waals surface area contributed by atoms with Gasteiger partial charge in [-0.15, -0.1) is 11.3 Å². The van der Waals surface area contributed by atoms with Gasteiger partial charge in [-0.1, -0.05) is 11.6 Å². The van der Waals surface area contributed by atoms with Crippen LogP contribution in [0.3, 0.4) is 0 Å². The van der Waals surface area contributed by atoms with Crippen molar-refractivity contribution in [3.63, 3.8) is 0 Å². The van der Waals surface area contributed by atoms with E-state index in [1.165, 1.54) is 0 Å². The topological polar surface area (TPSA) is 38.2 Å². The first-order valence-corrected chi connectivity index (χ1v) is 7.50. The molecule has 0 aliphatic carbocycles. The first kappa shape index (κ1) is 14.7. The molecule has 0 atom stereocenters. The fourth-order valence-electron chi connectivity index (χ4n) is 1.84. The molecule has 0 amide bonds. The van der Waals surface area contributed by atoms with Crippen LogP contribution in [0.4, 0.5) is 0 Å². The van der Waals surface area contributed by atoms with Crippen molar-refractivity contribution in [3.8, 4) is 0 Å². The lowest BCUT2D eigenvalue weighted by molar-refractivity contribution is 0.123. The summed E-state index contributed by atoms with van der Waals surface area (Å²) in [6.07, 6.45) is 0. The number of aromatic nitrogens is 2. The molecule has 0 aromatic carbocycles. The minimum atomic E-state index is 0.413. The summed E-state index contributed by atoms with van der Waals surface area (Å²) in [6.45, 7) is 6.56. The SMILES string of the molecule is COCCN(Cc1nc(Cl)c2ccsc2n1)C(C)C. The van der Waals surface area contributed by atoms with Crippen LogP contribution in [-0.4, -0.2) is 41.2 Å². The predicted molar refractivity (Wildman–Crippen MR) is 79.8 cm³/mol. The molecule has 0 bridgehead atoms. The molecule has 0 aliphatic rings. The van der Waals surface area contributed by atoms with E-state index in [1.54, 1.807) is 18.4 Å². The van der Waals surface area contributed by atoms with Crippen molar-refractivity contribution in [1.29, 1.82) is 0 Å². The van der Waals surface area contributed by atoms with Gasteiger partial charge in [0, 0.05) is 25.1 Å². The third-order valence-corrected chi connectivity index (χ3v) is 4.08. The van der Waals surface area contributed by atoms with Crippen LogP contribution < -0.4 is 0 Å². The van der Waals surface area contributed by atoms with Crippen molar-refractivity contribution in [2.24, 2.45) is 0 Å². The monoisotopic (exact) mass is 299 g/mol. The molecule has 2 aromatic rings. The Kier molecular flexibility index (Phi) is 5.10. The van der Waals surface area contributed by atoms with Gasteiger partial charge in [-0.05, 0) is 25.3 Å². The average Bonchev–Trinajstić information content (AvgIpc) is 2.82. The molecular weight excluding hydrogens is 282 g/mol. The second-order valence-corrected chi connectivity index (χ2v) is 5.88. The third-order valence-electron chi connectivity index (χ3n) is 2.98. The molecule has 19 heavy (non-hydrogen) atoms. The molecule has 4 nitrogen and oxygen atoms in total. The molecule has 2 rings (SSSR count). The Bertz CT molecular complexity index is 544. The largest absolute Gasteiger partial charge is 0.383 e. The van der Waals surface area contributed by atoms with Crippen LogP contribution in [0.5, 0.6) is 0 Å². The van der Waals surface area contributed by atoms with Gasteiger partial charge in [-0.2, -0.15) is 0 Å². The molecule has 0 spiro atoms. The van der Waals surface area contributed by atoms with E-state index >= 15 is 0 Å². The van der Waals surface area contributed by atoms with E-state index in [0.717, 1.165) is 22.6 Å². The summed E-state index contributed by atoms with van der Waals surface area (Å²) in [5, 5.41) is 3.46. The Morgan fingerprint density at radius 3 is 2.89 bits per heavy atom. The van der Waals surface area contributed by atoms with E-state index in [1.807, 2.05) is 11.4 Å². The summed E-state index contributed by atoms with van der Waals surface area (Å²) >= 11 is 7.77. The molecule has 0 fully saturated rings. The highest BCUT2D eigenvalue weighted by atomic mass is 35.5. The molecule has 104 valence electrons. The standard InChI is InChI=1S/C13H18ClN3OS/c1-9(2)17(5-6-18-3)8-11-15-12(14)10-4-7-19-13(10)16-11/h4,7,9H,5-6,8H2,1-3H3. The number of rotatable bonds is 6. The molecule has 6 heteroatoms. The third kappa shape index (κ3) is 3.63. The van der Waals surface area contributed by atoms with Gasteiger partial charge in [-0.3, -0.25) is 4.90 Å². The van der Waals surface area contributed by atoms with Gasteiger partial charge in [0.2, 0.25) is 0 Å². The van der Waals surface area contributed by atoms with Crippen molar-refractivity contribution >= 4 is 33.2 Å². The number of halogens is 1. The highest BCUT2D eigenvalue weighted by molar-refractivity contribution is 7.16. The zero-order valence-corrected chi connectivity index (χ0v) is 13.0. The van der Waals surface area contributed by atoms with E-state index in [2.05, 4.69) is 28.7 Å². The van der Waals surface area contributed by atoms with Crippen LogP contribution in [0.2, 0.25) is 5.15 Å². The second-order valence-electron chi connectivity index (χ2n) is 4.63. The molecule has 2 aromatic heterocycles. The molecule has 0 aliphatic heterocycles. The number of methoxy groups -OCH3 is 1. The Morgan fingerprint density at radius 1 is 1.42 bits per heavy atom. The normalized spacial score (nSPS) is 11.9. The zero-order chi connectivity index (χ0) is 13.8. The van der Waals surface area contributed by atoms with Gasteiger partial charge in [0.15, 0.2) is 0 Å². The lowest BCUT2D eigenvalue weighted by Crippen LogP contribution is -2.33. The minimum absolute atomic E-state index is 0.413. The van der Waals surface area contributed by atoms with Gasteiger partial charge in [0.05, 0.1) is 13.2 Å². The minimum Gasteiger partial charge on any atom is -0.383 e. The summed E-state index contributed by atoms with van der Waals surface area (Å²) < 4.78 is 5.14. The van der Waals surface area contributed by atoms with Crippen LogP contribution in [0.15, 0.2) is 11.4 Å². The van der Waals surface area contributed by atoms with Crippen molar-refractivity contribution in [3.05, 3.63) is 22.4 Å². The van der Waals surface area contributed by atoms with E-state index in [-0.39, 0.29) is 0 Å². The van der Waals surface area contributed by atoms with Crippen molar-refractivity contribution in [1.82, 2.24) is 14.9 Å². The van der Waals surface area contributed by atoms with Crippen LogP contribution in [0, 0.1) is 0 Å². The van der Waals surface area contributed by atoms with Crippen LogP contribution >= 0.6 is 22.9 Å². The van der Waals surface area contributed by atoms with Crippen LogP contribution in [0.1, 0.15) is 19.7 Å². The highest BCUT2D eigenvalue weighted by Crippen LogP contribution is 2.25. The smallest absolute Gasteiger partial charge is 0.145 e. The summed E-state index contributed by atoms with van der Waals surface area (Å²) in [7, 11) is 1.71. The molecule has 2 heterocycles. The van der Waals surface area contributed by atoms with Gasteiger partial charge in [-0.25, -0.2) is 9.97 Å². The lowest BCUT2D eigenvalue weighted by Gasteiger charge is -2.25. The summed E-state index contributed by atoms with van der Waals surface area (Å²) in [5.41, 5.74) is 0. The molecule has 0 radical (unpaired) electrons. The number of hydrogen-bond donors (Lipinski definition) is 0. The maximum absolute atomic E-state index is 6.18. The Balaban J connectivity index is 2.18. The molecule has 0 N–H and O–H groups in total. The molecule has 0 unspecified atom stereocenters. The van der Waals surface area contributed by atoms with E-state index in [4.69, 9.17) is 16.3 Å².